The Morgan fingerprint density at radius 2 is 1.32 bits per heavy atom. The Balaban J connectivity index is 0.930. The van der Waals surface area contributed by atoms with E-state index < -0.39 is 10.00 Å². The topological polar surface area (TPSA) is 213 Å². The number of likely N-dealkylation sites (N-methyl/N-ethyl adjacent to an activating group) is 1. The number of fused-ring (bicyclic) bond motifs is 4. The monoisotopic (exact) mass is 1080 g/mol. The molecule has 5 amide bonds. The molecule has 5 aliphatic rings. The fourth-order valence-electron chi connectivity index (χ4n) is 9.94. The molecule has 20 nitrogen and oxygen atoms in total. The van der Waals surface area contributed by atoms with Gasteiger partial charge >= 0.3 is 0 Å². The summed E-state index contributed by atoms with van der Waals surface area (Å²) >= 11 is 1.45. The summed E-state index contributed by atoms with van der Waals surface area (Å²) < 4.78 is 40.6. The van der Waals surface area contributed by atoms with Gasteiger partial charge in [0.1, 0.15) is 25.6 Å². The molecular weight excluding hydrogens is 1010 g/mol. The molecule has 6 heterocycles. The average Bonchev–Trinajstić information content (AvgIpc) is 4.13. The zero-order valence-corrected chi connectivity index (χ0v) is 46.1. The number of likely N-dealkylation sites (tertiary alicyclic amines) is 1. The lowest BCUT2D eigenvalue weighted by molar-refractivity contribution is -0.138. The zero-order valence-electron chi connectivity index (χ0n) is 45.3. The summed E-state index contributed by atoms with van der Waals surface area (Å²) in [5.41, 5.74) is 5.22. The number of allylic oxidation sites excluding steroid dienone is 2. The molecule has 3 atom stereocenters. The van der Waals surface area contributed by atoms with Crippen molar-refractivity contribution in [3.05, 3.63) is 82.2 Å². The van der Waals surface area contributed by atoms with Gasteiger partial charge < -0.3 is 53.2 Å². The number of ether oxygens (including phenoxy) is 7. The van der Waals surface area contributed by atoms with E-state index in [1.165, 1.54) is 42.0 Å². The summed E-state index contributed by atoms with van der Waals surface area (Å²) in [6, 6.07) is 10.1. The number of hydrogen-bond acceptors (Lipinski definition) is 17. The highest BCUT2D eigenvalue weighted by molar-refractivity contribution is 8.02. The van der Waals surface area contributed by atoms with E-state index in [-0.39, 0.29) is 80.8 Å². The van der Waals surface area contributed by atoms with E-state index in [1.807, 2.05) is 69.1 Å². The van der Waals surface area contributed by atoms with E-state index in [9.17, 15) is 24.0 Å². The van der Waals surface area contributed by atoms with Crippen LogP contribution in [0.15, 0.2) is 69.7 Å². The fourth-order valence-corrected chi connectivity index (χ4v) is 11.5. The highest BCUT2D eigenvalue weighted by atomic mass is 32.2. The molecular formula is C56H70N8O12S. The van der Waals surface area contributed by atoms with Crippen molar-refractivity contribution in [2.45, 2.75) is 88.7 Å². The molecule has 5 aliphatic heterocycles. The quantitative estimate of drug-likeness (QED) is 0.0575. The van der Waals surface area contributed by atoms with Crippen molar-refractivity contribution >= 4 is 65.1 Å². The molecule has 1 unspecified atom stereocenters. The van der Waals surface area contributed by atoms with Crippen molar-refractivity contribution in [2.75, 3.05) is 94.1 Å². The molecule has 0 radical (unpaired) electrons. The van der Waals surface area contributed by atoms with Crippen LogP contribution in [0.5, 0.6) is 28.7 Å². The number of benzene rings is 2. The van der Waals surface area contributed by atoms with Gasteiger partial charge in [0.15, 0.2) is 23.0 Å². The molecule has 2 aromatic carbocycles. The Kier molecular flexibility index (Phi) is 18.7. The number of methoxy groups -OCH3 is 3. The van der Waals surface area contributed by atoms with E-state index >= 15 is 0 Å². The number of nitrogens with zero attached hydrogens (tertiary/aromatic N) is 7. The van der Waals surface area contributed by atoms with Crippen molar-refractivity contribution < 1.29 is 57.1 Å². The standard InChI is InChI=1S/C56H70N8O12S/c1-9-35-19-39-28-58-44-25-48(46(71-7)23-42(44)53(67)63(39)30-35)75-32-37-21-41(22-38(60-37)33-76-49-26-45-43(24-47(49)72-8)54(68)64-31-36(10-2)20-40(64)29-59-45)74-16-14-61(5)34-56(3,4)77-50-27-52(66)62(55(50)69)13-11-51(65)57-12-15-73-18-17-70-6/h9-10,21-26,28-29,39-40,50H,11-20,27,30-34H2,1-8H3,(H,57,65)/b35-9+,36-10+/t39-,40-,50?/m0/s1. The molecule has 21 heteroatoms. The molecule has 8 rings (SSSR count). The number of imide groups is 1. The normalized spacial score (nSPS) is 19.9. The first-order chi connectivity index (χ1) is 37.1. The Bertz CT molecular complexity index is 2700. The van der Waals surface area contributed by atoms with E-state index in [2.05, 4.69) is 10.2 Å². The van der Waals surface area contributed by atoms with Crippen LogP contribution < -0.4 is 29.0 Å². The van der Waals surface area contributed by atoms with Crippen LogP contribution in [0.1, 0.15) is 85.5 Å². The zero-order chi connectivity index (χ0) is 54.8. The number of amides is 5. The molecule has 3 aromatic rings. The largest absolute Gasteiger partial charge is 0.493 e. The van der Waals surface area contributed by atoms with Crippen molar-refractivity contribution in [3.63, 3.8) is 0 Å². The molecule has 77 heavy (non-hydrogen) atoms. The van der Waals surface area contributed by atoms with Gasteiger partial charge in [0, 0.05) is 101 Å². The van der Waals surface area contributed by atoms with Gasteiger partial charge in [-0.05, 0) is 59.7 Å². The second-order valence-corrected chi connectivity index (χ2v) is 21.9. The number of nitrogens with one attached hydrogen (secondary N) is 1. The van der Waals surface area contributed by atoms with Crippen LogP contribution in [0.3, 0.4) is 0 Å². The third-order valence-corrected chi connectivity index (χ3v) is 15.3. The Hall–Kier alpha value is -6.81. The summed E-state index contributed by atoms with van der Waals surface area (Å²) in [4.78, 5) is 87.7. The molecule has 0 saturated carbocycles. The van der Waals surface area contributed by atoms with Crippen molar-refractivity contribution in [1.82, 2.24) is 29.9 Å². The number of thioether (sulfide) groups is 1. The van der Waals surface area contributed by atoms with Crippen molar-refractivity contribution in [3.8, 4) is 28.7 Å². The summed E-state index contributed by atoms with van der Waals surface area (Å²) in [7, 11) is 6.60. The maximum absolute atomic E-state index is 13.8. The fraction of sp³-hybridized carbons (Fsp3) is 0.500. The predicted molar refractivity (Wildman–Crippen MR) is 292 cm³/mol. The van der Waals surface area contributed by atoms with Crippen LogP contribution in [0, 0.1) is 0 Å². The molecule has 0 aliphatic carbocycles. The minimum atomic E-state index is -0.562. The van der Waals surface area contributed by atoms with Gasteiger partial charge in [0.05, 0.1) is 85.3 Å². The van der Waals surface area contributed by atoms with Gasteiger partial charge in [-0.25, -0.2) is 0 Å². The summed E-state index contributed by atoms with van der Waals surface area (Å²) in [6.45, 7) is 12.1. The van der Waals surface area contributed by atoms with Gasteiger partial charge in [-0.2, -0.15) is 0 Å². The first-order valence-electron chi connectivity index (χ1n) is 25.9. The maximum Gasteiger partial charge on any atom is 0.257 e. The minimum absolute atomic E-state index is 0.00847. The van der Waals surface area contributed by atoms with Gasteiger partial charge in [-0.15, -0.1) is 11.8 Å². The highest BCUT2D eigenvalue weighted by Crippen LogP contribution is 2.41. The third-order valence-electron chi connectivity index (χ3n) is 13.9. The van der Waals surface area contributed by atoms with Gasteiger partial charge in [-0.1, -0.05) is 23.3 Å². The van der Waals surface area contributed by atoms with E-state index in [1.54, 1.807) is 43.5 Å². The molecule has 1 N–H and O–H groups in total. The lowest BCUT2D eigenvalue weighted by Crippen LogP contribution is -2.39. The van der Waals surface area contributed by atoms with Crippen molar-refractivity contribution in [1.29, 1.82) is 0 Å². The van der Waals surface area contributed by atoms with E-state index in [0.29, 0.717) is 115 Å². The highest BCUT2D eigenvalue weighted by Gasteiger charge is 2.42. The van der Waals surface area contributed by atoms with Crippen LogP contribution in [-0.2, 0) is 37.1 Å². The summed E-state index contributed by atoms with van der Waals surface area (Å²) in [5.74, 6) is 0.919. The van der Waals surface area contributed by atoms with Crippen LogP contribution in [-0.4, -0.2) is 183 Å². The van der Waals surface area contributed by atoms with Crippen molar-refractivity contribution in [2.24, 2.45) is 9.98 Å². The van der Waals surface area contributed by atoms with Gasteiger partial charge in [-0.3, -0.25) is 43.8 Å². The van der Waals surface area contributed by atoms with Crippen LogP contribution in [0.25, 0.3) is 0 Å². The predicted octanol–water partition coefficient (Wildman–Crippen LogP) is 6.13. The Morgan fingerprint density at radius 3 is 1.86 bits per heavy atom. The number of aromatic nitrogens is 1. The number of hydrogen-bond donors (Lipinski definition) is 1. The molecule has 0 spiro atoms. The SMILES string of the molecule is C/C=C1\C[C@H]2C=Nc3cc(OCc4cc(OCCN(C)CC(C)(C)SC5CC(=O)N(CCC(=O)NCCOCCOC)C5=O)cc(COc5cc6c(cc5OC)C(=O)N5C/C(=C/C)C[C@H]5C=N6)n4)c(OC)cc3C(=O)N2C1. The maximum atomic E-state index is 13.8. The number of carbonyl (C=O) groups excluding carboxylic acids is 5. The van der Waals surface area contributed by atoms with Gasteiger partial charge in [0.25, 0.3) is 11.8 Å². The van der Waals surface area contributed by atoms with Crippen LogP contribution in [0.2, 0.25) is 0 Å². The number of aliphatic imine (C=N–C) groups is 2. The van der Waals surface area contributed by atoms with E-state index in [0.717, 1.165) is 12.8 Å². The first-order valence-corrected chi connectivity index (χ1v) is 26.8. The molecule has 3 saturated heterocycles. The summed E-state index contributed by atoms with van der Waals surface area (Å²) in [6.07, 6.45) is 9.28. The number of rotatable bonds is 25. The molecule has 0 bridgehead atoms. The second-order valence-electron chi connectivity index (χ2n) is 20.0. The van der Waals surface area contributed by atoms with Crippen LogP contribution in [0.4, 0.5) is 11.4 Å². The van der Waals surface area contributed by atoms with E-state index in [4.69, 9.17) is 48.1 Å². The first kappa shape index (κ1) is 56.4. The molecule has 3 fully saturated rings. The van der Waals surface area contributed by atoms with Gasteiger partial charge in [0.2, 0.25) is 17.7 Å². The smallest absolute Gasteiger partial charge is 0.257 e. The lowest BCUT2D eigenvalue weighted by Gasteiger charge is -2.31. The number of pyridine rings is 1. The Morgan fingerprint density at radius 1 is 0.753 bits per heavy atom. The summed E-state index contributed by atoms with van der Waals surface area (Å²) in [5, 5.41) is 2.20. The second kappa shape index (κ2) is 25.6. The number of carbonyl (C=O) groups is 5. The minimum Gasteiger partial charge on any atom is -0.493 e. The molecule has 1 aromatic heterocycles. The molecule has 412 valence electrons. The van der Waals surface area contributed by atoms with Crippen LogP contribution >= 0.6 is 11.8 Å². The third kappa shape index (κ3) is 13.8. The lowest BCUT2D eigenvalue weighted by atomic mass is 10.1. The Labute approximate surface area is 454 Å². The average molecular weight is 1080 g/mol.